The summed E-state index contributed by atoms with van der Waals surface area (Å²) in [6, 6.07) is 14.8. The number of hydrogen-bond donors (Lipinski definition) is 9. The van der Waals surface area contributed by atoms with E-state index >= 15 is 0 Å². The average Bonchev–Trinajstić information content (AvgIpc) is 1.72. The van der Waals surface area contributed by atoms with Crippen molar-refractivity contribution in [2.24, 2.45) is 11.7 Å². The van der Waals surface area contributed by atoms with Crippen LogP contribution in [-0.4, -0.2) is 115 Å². The molecule has 6 unspecified atom stereocenters. The molecule has 0 saturated carbocycles. The van der Waals surface area contributed by atoms with Gasteiger partial charge in [0.05, 0.1) is 41.0 Å². The zero-order valence-corrected chi connectivity index (χ0v) is 53.0. The molecule has 10 N–H and O–H groups in total. The van der Waals surface area contributed by atoms with Gasteiger partial charge in [0.2, 0.25) is 11.8 Å². The van der Waals surface area contributed by atoms with Crippen LogP contribution >= 0.6 is 68.0 Å². The molecule has 91 heavy (non-hydrogen) atoms. The molecule has 24 nitrogen and oxygen atoms in total. The second-order valence-corrected chi connectivity index (χ2v) is 26.5. The van der Waals surface area contributed by atoms with E-state index in [1.807, 2.05) is 6.92 Å². The van der Waals surface area contributed by atoms with Gasteiger partial charge < -0.3 is 47.4 Å². The van der Waals surface area contributed by atoms with E-state index in [1.165, 1.54) is 50.9 Å². The molecule has 2 aromatic carbocycles. The van der Waals surface area contributed by atoms with Gasteiger partial charge in [-0.3, -0.25) is 33.6 Å². The Kier molecular flexibility index (Phi) is 20.1. The molecule has 6 atom stereocenters. The Morgan fingerprint density at radius 1 is 0.703 bits per heavy atom. The predicted molar refractivity (Wildman–Crippen MR) is 343 cm³/mol. The molecule has 1 aliphatic heterocycles. The van der Waals surface area contributed by atoms with Crippen LogP contribution in [0.15, 0.2) is 118 Å². The molecule has 466 valence electrons. The Labute approximate surface area is 541 Å². The van der Waals surface area contributed by atoms with E-state index in [9.17, 15) is 58.8 Å². The number of allylic oxidation sites excluding steroid dienone is 1. The number of benzene rings is 2. The first-order valence-electron chi connectivity index (χ1n) is 27.7. The Bertz CT molecular complexity index is 4300. The molecule has 5 amide bonds. The number of ketones is 2. The third-order valence-corrected chi connectivity index (χ3v) is 20.0. The maximum atomic E-state index is 14.8. The van der Waals surface area contributed by atoms with E-state index < -0.39 is 96.0 Å². The molecule has 8 heterocycles. The summed E-state index contributed by atoms with van der Waals surface area (Å²) in [5.74, 6) is -7.80. The van der Waals surface area contributed by atoms with Crippen LogP contribution in [0.1, 0.15) is 130 Å². The zero-order chi connectivity index (χ0) is 64.8. The summed E-state index contributed by atoms with van der Waals surface area (Å²) < 4.78 is 0. The lowest BCUT2D eigenvalue weighted by Gasteiger charge is -2.26. The number of pyridine rings is 1. The molecule has 0 radical (unpaired) electrons. The minimum atomic E-state index is -1.38. The van der Waals surface area contributed by atoms with Crippen LogP contribution < -0.4 is 27.0 Å². The summed E-state index contributed by atoms with van der Waals surface area (Å²) in [4.78, 5) is 142. The van der Waals surface area contributed by atoms with Crippen molar-refractivity contribution in [3.8, 4) is 49.1 Å². The molecule has 1 aliphatic rings. The van der Waals surface area contributed by atoms with Gasteiger partial charge in [0.1, 0.15) is 76.7 Å². The first-order chi connectivity index (χ1) is 43.6. The minimum Gasteiger partial charge on any atom is -0.508 e. The van der Waals surface area contributed by atoms with Gasteiger partial charge in [0.15, 0.2) is 11.6 Å². The largest absolute Gasteiger partial charge is 0.508 e. The van der Waals surface area contributed by atoms with Crippen molar-refractivity contribution < 1.29 is 58.8 Å². The number of nitrogens with one attached hydrogen (secondary N) is 4. The number of hydrogen-bond acceptors (Lipinski definition) is 24. The van der Waals surface area contributed by atoms with Gasteiger partial charge in [-0.2, -0.15) is 0 Å². The van der Waals surface area contributed by atoms with E-state index in [1.54, 1.807) is 72.3 Å². The second-order valence-electron chi connectivity index (χ2n) is 20.9. The number of phenolic OH excluding ortho intramolecular Hbond substituents is 1. The molecule has 30 heteroatoms. The zero-order valence-electron chi connectivity index (χ0n) is 48.1. The van der Waals surface area contributed by atoms with Crippen molar-refractivity contribution in [3.05, 3.63) is 172 Å². The van der Waals surface area contributed by atoms with Crippen molar-refractivity contribution in [1.82, 2.24) is 56.2 Å². The number of carboxylic acid groups (broad SMARTS) is 1. The van der Waals surface area contributed by atoms with Gasteiger partial charge in [0.25, 0.3) is 17.7 Å². The predicted octanol–water partition coefficient (Wildman–Crippen LogP) is 8.31. The number of rotatable bonds is 16. The normalized spacial score (nSPS) is 17.0. The molecule has 0 fully saturated rings. The number of aliphatic hydroxyl groups is 2. The fraction of sp³-hybridized carbons (Fsp3) is 0.230. The molecule has 10 rings (SSSR count). The Morgan fingerprint density at radius 3 is 2.07 bits per heavy atom. The van der Waals surface area contributed by atoms with Gasteiger partial charge in [0, 0.05) is 74.7 Å². The number of carboxylic acids is 1. The highest BCUT2D eigenvalue weighted by molar-refractivity contribution is 7.15. The monoisotopic (exact) mass is 1340 g/mol. The van der Waals surface area contributed by atoms with E-state index in [4.69, 9.17) is 25.7 Å². The van der Waals surface area contributed by atoms with Crippen LogP contribution in [0.4, 0.5) is 0 Å². The number of aromatic nitrogens is 7. The van der Waals surface area contributed by atoms with Gasteiger partial charge >= 0.3 is 5.97 Å². The highest BCUT2D eigenvalue weighted by atomic mass is 32.1. The lowest BCUT2D eigenvalue weighted by atomic mass is 9.90. The molecule has 7 aromatic heterocycles. The van der Waals surface area contributed by atoms with Crippen LogP contribution in [-0.2, 0) is 25.6 Å². The lowest BCUT2D eigenvalue weighted by molar-refractivity contribution is -0.133. The third-order valence-electron chi connectivity index (χ3n) is 14.4. The van der Waals surface area contributed by atoms with Crippen LogP contribution in [0.2, 0.25) is 0 Å². The molecule has 9 aromatic rings. The minimum absolute atomic E-state index is 0.00264. The van der Waals surface area contributed by atoms with Crippen molar-refractivity contribution in [2.45, 2.75) is 76.1 Å². The number of nitrogens with two attached hydrogens (primary N) is 1. The Balaban J connectivity index is 1.05. The number of thiazole rings is 6. The number of phenols is 1. The van der Waals surface area contributed by atoms with Crippen LogP contribution in [0, 0.1) is 12.8 Å². The van der Waals surface area contributed by atoms with Crippen molar-refractivity contribution in [1.29, 1.82) is 0 Å². The third kappa shape index (κ3) is 15.2. The summed E-state index contributed by atoms with van der Waals surface area (Å²) in [7, 11) is 0. The molecule has 0 saturated heterocycles. The first-order valence-corrected chi connectivity index (χ1v) is 32.9. The maximum absolute atomic E-state index is 14.8. The summed E-state index contributed by atoms with van der Waals surface area (Å²) in [5, 5.41) is 62.4. The number of aryl methyl sites for hydroxylation is 1. The van der Waals surface area contributed by atoms with Crippen molar-refractivity contribution in [2.75, 3.05) is 6.61 Å². The Hall–Kier alpha value is -9.27. The number of carbonyl (C=O) groups is 8. The Morgan fingerprint density at radius 2 is 1.34 bits per heavy atom. The van der Waals surface area contributed by atoms with Gasteiger partial charge in [-0.25, -0.2) is 39.7 Å². The first kappa shape index (κ1) is 64.7. The van der Waals surface area contributed by atoms with Crippen molar-refractivity contribution in [3.63, 3.8) is 0 Å². The number of fused-ring (bicyclic) bond motifs is 14. The number of carbonyl (C=O) groups excluding carboxylic acids is 7. The van der Waals surface area contributed by atoms with Crippen LogP contribution in [0.5, 0.6) is 5.75 Å². The lowest BCUT2D eigenvalue weighted by Crippen LogP contribution is -2.49. The summed E-state index contributed by atoms with van der Waals surface area (Å²) in [6.07, 6.45) is -2.48. The second kappa shape index (κ2) is 28.3. The number of aliphatic carboxylic acids is 1. The fourth-order valence-corrected chi connectivity index (χ4v) is 14.9. The van der Waals surface area contributed by atoms with E-state index in [0.29, 0.717) is 48.0 Å². The van der Waals surface area contributed by atoms with Crippen LogP contribution in [0.25, 0.3) is 43.4 Å². The maximum Gasteiger partial charge on any atom is 0.331 e. The molecule has 0 aliphatic carbocycles. The number of amides is 5. The fourth-order valence-electron chi connectivity index (χ4n) is 9.53. The average molecular weight is 1340 g/mol. The standard InChI is InChI=1S/C61H54N12O12S6/c1-27(16-17-74)47-60-71-43(26-90-60)58-67-39(22-88-58)49-34(14-15-36(64-49)57-70-40(25-89-57)52(81)63-29(3)44(76)18-28(2)61(84)85)55-68-42(23-86-55)54(83)66-38(21-46(62)78)59-73-48(30(4)91-59)45(77)20-35(50(79)32-8-6-5-7-9-32)56-69-41(24-87-56)53(82)65-37(51(80)72-47)19-31-10-12-33(75)13-11-31/h5-15,22-27,35,37-38,47,50,74-75,79H,2-3,16-21H2,1,4H3,(H2,62,78)(H,63,81)(H,65,82)(H,66,83)(H,72,80)(H,84,85). The molecular weight excluding hydrogens is 1290 g/mol. The van der Waals surface area contributed by atoms with Crippen LogP contribution in [0.3, 0.4) is 0 Å². The van der Waals surface area contributed by atoms with E-state index in [-0.39, 0.29) is 92.1 Å². The molecule has 0 spiro atoms. The van der Waals surface area contributed by atoms with E-state index in [2.05, 4.69) is 49.4 Å². The molecular formula is C61H54N12O12S6. The highest BCUT2D eigenvalue weighted by Gasteiger charge is 2.35. The van der Waals surface area contributed by atoms with Gasteiger partial charge in [-0.05, 0) is 54.7 Å². The number of aromatic hydroxyl groups is 1. The summed E-state index contributed by atoms with van der Waals surface area (Å²) in [6.45, 7) is 10.2. The van der Waals surface area contributed by atoms with Gasteiger partial charge in [-0.15, -0.1) is 68.0 Å². The molecule has 10 bridgehead atoms. The summed E-state index contributed by atoms with van der Waals surface area (Å²) >= 11 is 6.69. The van der Waals surface area contributed by atoms with E-state index in [0.717, 1.165) is 45.3 Å². The number of primary amides is 1. The smallest absolute Gasteiger partial charge is 0.331 e. The number of nitrogens with zero attached hydrogens (tertiary/aromatic N) is 7. The highest BCUT2D eigenvalue weighted by Crippen LogP contribution is 2.41. The topological polar surface area (TPSA) is 382 Å². The quantitative estimate of drug-likeness (QED) is 0.0410. The SMILES string of the molecule is C=C(CC(=O)C(=C)NC(=O)c1csc(-c2ccc3c(n2)-c2csc(n2)-c2csc(n2)C(C(C)CCO)NC(=O)C(Cc2ccc(O)cc2)NC(=O)c2csc(n2)C(C(O)c2ccccc2)CC(=O)c2nc(sc2C)C(CC(N)=O)NC(=O)c2csc-3n2)n1)C(=O)O. The van der Waals surface area contributed by atoms with Crippen molar-refractivity contribution >= 4 is 115 Å². The summed E-state index contributed by atoms with van der Waals surface area (Å²) in [5.41, 5.74) is 7.45. The number of aliphatic hydroxyl groups excluding tert-OH is 2. The number of Topliss-reactive ketones (excluding diaryl/α,β-unsaturated/α-hetero) is 2. The van der Waals surface area contributed by atoms with Gasteiger partial charge in [-0.1, -0.05) is 62.5 Å².